The second-order valence-electron chi connectivity index (χ2n) is 6.74. The Morgan fingerprint density at radius 2 is 1.71 bits per heavy atom. The van der Waals surface area contributed by atoms with Crippen LogP contribution in [0.5, 0.6) is 0 Å². The Hall–Kier alpha value is -3.61. The van der Waals surface area contributed by atoms with E-state index in [0.717, 1.165) is 11.6 Å². The van der Waals surface area contributed by atoms with E-state index in [0.29, 0.717) is 11.8 Å². The number of aliphatic hydroxyl groups excluding tert-OH is 2. The minimum absolute atomic E-state index is 0.0162. The number of hydrogen-bond donors (Lipinski definition) is 2. The first-order valence-electron chi connectivity index (χ1n) is 8.43. The summed E-state index contributed by atoms with van der Waals surface area (Å²) in [5, 5.41) is 19.5. The third-order valence-corrected chi connectivity index (χ3v) is 4.35. The van der Waals surface area contributed by atoms with E-state index in [4.69, 9.17) is 8.83 Å². The normalized spacial score (nSPS) is 13.1. The summed E-state index contributed by atoms with van der Waals surface area (Å²) < 4.78 is 11.1. The summed E-state index contributed by atoms with van der Waals surface area (Å²) in [5.41, 5.74) is -0.774. The van der Waals surface area contributed by atoms with Crippen LogP contribution in [0, 0.1) is 24.5 Å². The van der Waals surface area contributed by atoms with Crippen LogP contribution in [0.3, 0.4) is 0 Å². The van der Waals surface area contributed by atoms with E-state index in [1.54, 1.807) is 13.8 Å². The number of fused-ring (bicyclic) bond motifs is 1. The van der Waals surface area contributed by atoms with Crippen molar-refractivity contribution in [2.45, 2.75) is 27.7 Å². The standard InChI is InChI=1S/C21H18O7/c1-9(2)5-14(24)18-11(4)19-16(7-15(18)25)27-20-12(8-22)13(23)6-10(3)17(20)21(26)28-19/h5-8,22,24H,1-4H3. The molecule has 0 amide bonds. The molecule has 1 heterocycles. The van der Waals surface area contributed by atoms with Crippen LogP contribution in [-0.2, 0) is 0 Å². The Morgan fingerprint density at radius 1 is 1.04 bits per heavy atom. The van der Waals surface area contributed by atoms with E-state index in [-0.39, 0.29) is 43.9 Å². The Balaban J connectivity index is 2.72. The van der Waals surface area contributed by atoms with Crippen molar-refractivity contribution in [2.75, 3.05) is 0 Å². The fourth-order valence-corrected chi connectivity index (χ4v) is 3.11. The smallest absolute Gasteiger partial charge is 0.347 e. The zero-order chi connectivity index (χ0) is 20.7. The molecule has 0 spiro atoms. The fourth-order valence-electron chi connectivity index (χ4n) is 3.11. The first kappa shape index (κ1) is 19.2. The number of allylic oxidation sites excluding steroid dienone is 1. The van der Waals surface area contributed by atoms with Crippen molar-refractivity contribution in [3.63, 3.8) is 0 Å². The lowest BCUT2D eigenvalue weighted by atomic mass is 10.1. The lowest BCUT2D eigenvalue weighted by molar-refractivity contribution is 0.487. The number of rotatable bonds is 1. The first-order chi connectivity index (χ1) is 13.1. The van der Waals surface area contributed by atoms with E-state index < -0.39 is 16.5 Å². The Kier molecular flexibility index (Phi) is 4.68. The van der Waals surface area contributed by atoms with Crippen molar-refractivity contribution in [1.29, 1.82) is 0 Å². The summed E-state index contributed by atoms with van der Waals surface area (Å²) in [4.78, 5) is 37.4. The molecule has 0 saturated heterocycles. The summed E-state index contributed by atoms with van der Waals surface area (Å²) in [6.07, 6.45) is 1.98. The Labute approximate surface area is 157 Å². The fraction of sp³-hybridized carbons (Fsp3) is 0.190. The van der Waals surface area contributed by atoms with Crippen LogP contribution in [0.4, 0.5) is 0 Å². The van der Waals surface area contributed by atoms with Crippen molar-refractivity contribution in [3.8, 4) is 11.5 Å². The molecule has 144 valence electrons. The van der Waals surface area contributed by atoms with Gasteiger partial charge in [-0.3, -0.25) is 9.59 Å². The zero-order valence-electron chi connectivity index (χ0n) is 15.7. The van der Waals surface area contributed by atoms with Gasteiger partial charge in [0.2, 0.25) is 0 Å². The van der Waals surface area contributed by atoms with Crippen LogP contribution in [0.25, 0.3) is 23.5 Å². The van der Waals surface area contributed by atoms with Gasteiger partial charge in [-0.15, -0.1) is 0 Å². The monoisotopic (exact) mass is 382 g/mol. The molecule has 3 rings (SSSR count). The maximum atomic E-state index is 12.7. The second kappa shape index (κ2) is 6.84. The predicted molar refractivity (Wildman–Crippen MR) is 103 cm³/mol. The van der Waals surface area contributed by atoms with Gasteiger partial charge in [0.25, 0.3) is 0 Å². The average Bonchev–Trinajstić information content (AvgIpc) is 2.71. The predicted octanol–water partition coefficient (Wildman–Crippen LogP) is 1.33. The summed E-state index contributed by atoms with van der Waals surface area (Å²) >= 11 is 0. The lowest BCUT2D eigenvalue weighted by Crippen LogP contribution is -2.30. The summed E-state index contributed by atoms with van der Waals surface area (Å²) in [6, 6.07) is 2.26. The Morgan fingerprint density at radius 3 is 2.32 bits per heavy atom. The topological polar surface area (TPSA) is 118 Å². The van der Waals surface area contributed by atoms with Crippen LogP contribution in [-0.4, -0.2) is 10.2 Å². The highest BCUT2D eigenvalue weighted by Gasteiger charge is 2.18. The van der Waals surface area contributed by atoms with Gasteiger partial charge in [-0.25, -0.2) is 4.79 Å². The molecule has 0 fully saturated rings. The SMILES string of the molecule is CC(C)=CC(O)=c1c(C)c2oc(=O)c3c(C)cc(=O)c(=CO)c=3oc-2cc1=O. The highest BCUT2D eigenvalue weighted by Crippen LogP contribution is 2.19. The van der Waals surface area contributed by atoms with Crippen LogP contribution in [0.2, 0.25) is 0 Å². The van der Waals surface area contributed by atoms with Crippen LogP contribution >= 0.6 is 0 Å². The maximum absolute atomic E-state index is 12.7. The number of hydrogen-bond acceptors (Lipinski definition) is 7. The van der Waals surface area contributed by atoms with Gasteiger partial charge in [-0.1, -0.05) is 5.57 Å². The van der Waals surface area contributed by atoms with Gasteiger partial charge in [0, 0.05) is 11.6 Å². The average molecular weight is 382 g/mol. The van der Waals surface area contributed by atoms with Crippen LogP contribution in [0.15, 0.2) is 47.0 Å². The molecule has 0 unspecified atom stereocenters. The van der Waals surface area contributed by atoms with Crippen molar-refractivity contribution >= 4 is 12.0 Å². The number of aryl methyl sites for hydroxylation is 1. The van der Waals surface area contributed by atoms with Gasteiger partial charge in [0.15, 0.2) is 27.8 Å². The molecule has 7 nitrogen and oxygen atoms in total. The minimum atomic E-state index is -0.802. The number of benzene rings is 1. The van der Waals surface area contributed by atoms with E-state index in [1.807, 2.05) is 0 Å². The molecule has 0 radical (unpaired) electrons. The summed E-state index contributed by atoms with van der Waals surface area (Å²) in [6.45, 7) is 6.57. The summed E-state index contributed by atoms with van der Waals surface area (Å²) in [7, 11) is 0. The first-order valence-corrected chi connectivity index (χ1v) is 8.43. The van der Waals surface area contributed by atoms with Crippen molar-refractivity contribution in [1.82, 2.24) is 0 Å². The van der Waals surface area contributed by atoms with E-state index in [2.05, 4.69) is 0 Å². The zero-order valence-corrected chi connectivity index (χ0v) is 15.7. The molecule has 2 N–H and O–H groups in total. The largest absolute Gasteiger partial charge is 0.515 e. The van der Waals surface area contributed by atoms with E-state index >= 15 is 0 Å². The molecule has 28 heavy (non-hydrogen) atoms. The highest BCUT2D eigenvalue weighted by molar-refractivity contribution is 5.61. The van der Waals surface area contributed by atoms with E-state index in [9.17, 15) is 24.6 Å². The second-order valence-corrected chi connectivity index (χ2v) is 6.74. The Bertz CT molecular complexity index is 1470. The molecule has 3 aliphatic rings. The van der Waals surface area contributed by atoms with Crippen LogP contribution < -0.4 is 26.9 Å². The highest BCUT2D eigenvalue weighted by atomic mass is 16.4. The number of aliphatic hydroxyl groups is 2. The van der Waals surface area contributed by atoms with Gasteiger partial charge in [0.1, 0.15) is 11.0 Å². The van der Waals surface area contributed by atoms with E-state index in [1.165, 1.54) is 26.0 Å². The molecule has 7 heteroatoms. The van der Waals surface area contributed by atoms with Crippen molar-refractivity contribution < 1.29 is 19.0 Å². The van der Waals surface area contributed by atoms with Crippen LogP contribution in [0.1, 0.15) is 25.0 Å². The quantitative estimate of drug-likeness (QED) is 0.652. The third kappa shape index (κ3) is 3.00. The molecule has 0 bridgehead atoms. The third-order valence-electron chi connectivity index (χ3n) is 4.35. The molecule has 2 aliphatic carbocycles. The van der Waals surface area contributed by atoms with Crippen molar-refractivity contribution in [2.24, 2.45) is 0 Å². The lowest BCUT2D eigenvalue weighted by Gasteiger charge is -2.04. The molecule has 0 aromatic carbocycles. The molecule has 0 aromatic rings. The molecule has 0 aromatic heterocycles. The molecule has 1 aliphatic heterocycles. The molecule has 0 saturated carbocycles. The minimum Gasteiger partial charge on any atom is -0.515 e. The van der Waals surface area contributed by atoms with Gasteiger partial charge in [-0.05, 0) is 45.4 Å². The molecular formula is C21H18O7. The maximum Gasteiger partial charge on any atom is 0.347 e. The van der Waals surface area contributed by atoms with Gasteiger partial charge < -0.3 is 19.0 Å². The molecular weight excluding hydrogens is 364 g/mol. The van der Waals surface area contributed by atoms with Gasteiger partial charge in [-0.2, -0.15) is 0 Å². The van der Waals surface area contributed by atoms with Crippen molar-refractivity contribution in [3.05, 3.63) is 86.8 Å². The summed E-state index contributed by atoms with van der Waals surface area (Å²) in [5.74, 6) is -0.387. The van der Waals surface area contributed by atoms with Gasteiger partial charge >= 0.3 is 5.63 Å². The molecule has 0 atom stereocenters. The van der Waals surface area contributed by atoms with Gasteiger partial charge in [0.05, 0.1) is 16.7 Å².